The van der Waals surface area contributed by atoms with E-state index >= 15 is 0 Å². The number of rotatable bonds is 6. The highest BCUT2D eigenvalue weighted by atomic mass is 16.5. The van der Waals surface area contributed by atoms with Gasteiger partial charge in [0.05, 0.1) is 17.8 Å². The third-order valence-corrected chi connectivity index (χ3v) is 6.72. The molecule has 1 saturated heterocycles. The van der Waals surface area contributed by atoms with Crippen molar-refractivity contribution in [2.45, 2.75) is 51.2 Å². The van der Waals surface area contributed by atoms with E-state index in [0.29, 0.717) is 54.6 Å². The van der Waals surface area contributed by atoms with Gasteiger partial charge in [0.15, 0.2) is 0 Å². The van der Waals surface area contributed by atoms with Gasteiger partial charge in [-0.15, -0.1) is 0 Å². The molecule has 2 aliphatic rings. The summed E-state index contributed by atoms with van der Waals surface area (Å²) in [6.45, 7) is 5.34. The number of hydrogen-bond acceptors (Lipinski definition) is 7. The molecule has 1 fully saturated rings. The summed E-state index contributed by atoms with van der Waals surface area (Å²) in [7, 11) is 0. The summed E-state index contributed by atoms with van der Waals surface area (Å²) >= 11 is 0. The van der Waals surface area contributed by atoms with Crippen molar-refractivity contribution < 1.29 is 19.2 Å². The second-order valence-corrected chi connectivity index (χ2v) is 9.60. The molecule has 2 aromatic carbocycles. The van der Waals surface area contributed by atoms with Gasteiger partial charge < -0.3 is 24.6 Å². The van der Waals surface area contributed by atoms with Crippen LogP contribution in [-0.2, 0) is 6.42 Å². The molecule has 3 aromatic rings. The normalized spacial score (nSPS) is 18.8. The highest BCUT2D eigenvalue weighted by Gasteiger charge is 2.29. The van der Waals surface area contributed by atoms with Crippen molar-refractivity contribution in [1.82, 2.24) is 20.4 Å². The minimum atomic E-state index is -0.428. The van der Waals surface area contributed by atoms with Crippen LogP contribution in [0.1, 0.15) is 49.3 Å². The lowest BCUT2D eigenvalue weighted by Crippen LogP contribution is -2.40. The number of fused-ring (bicyclic) bond motifs is 1. The number of benzene rings is 2. The number of aliphatic hydroxyl groups is 1. The van der Waals surface area contributed by atoms with Crippen LogP contribution in [0, 0.1) is 11.3 Å². The van der Waals surface area contributed by atoms with E-state index in [1.807, 2.05) is 32.0 Å². The van der Waals surface area contributed by atoms with Crippen molar-refractivity contribution in [1.29, 1.82) is 5.26 Å². The number of aromatic nitrogens is 2. The average molecular weight is 488 g/mol. The second kappa shape index (κ2) is 9.99. The molecular weight excluding hydrogens is 458 g/mol. The summed E-state index contributed by atoms with van der Waals surface area (Å²) < 4.78 is 11.3. The van der Waals surface area contributed by atoms with Gasteiger partial charge in [0.25, 0.3) is 5.89 Å². The molecule has 0 spiro atoms. The first-order chi connectivity index (χ1) is 17.4. The Labute approximate surface area is 209 Å². The molecule has 2 atom stereocenters. The minimum absolute atomic E-state index is 0.0385. The van der Waals surface area contributed by atoms with E-state index in [9.17, 15) is 15.2 Å². The third-order valence-electron chi connectivity index (χ3n) is 6.72. The van der Waals surface area contributed by atoms with E-state index in [-0.39, 0.29) is 18.1 Å². The Bertz CT molecular complexity index is 1310. The molecule has 5 rings (SSSR count). The lowest BCUT2D eigenvalue weighted by atomic mass is 9.98. The Hall–Kier alpha value is -3.90. The zero-order valence-electron chi connectivity index (χ0n) is 20.4. The van der Waals surface area contributed by atoms with E-state index in [4.69, 9.17) is 9.26 Å². The molecule has 1 aliphatic heterocycles. The number of aliphatic hydroxyl groups excluding tert-OH is 1. The van der Waals surface area contributed by atoms with Gasteiger partial charge >= 0.3 is 6.03 Å². The number of amides is 2. The fraction of sp³-hybridized carbons (Fsp3) is 0.407. The Balaban J connectivity index is 1.32. The average Bonchev–Trinajstić information content (AvgIpc) is 3.62. The topological polar surface area (TPSA) is 125 Å². The van der Waals surface area contributed by atoms with Crippen molar-refractivity contribution in [2.75, 3.05) is 19.6 Å². The molecule has 36 heavy (non-hydrogen) atoms. The first kappa shape index (κ1) is 23.8. The van der Waals surface area contributed by atoms with Gasteiger partial charge in [-0.3, -0.25) is 0 Å². The van der Waals surface area contributed by atoms with Gasteiger partial charge in [-0.1, -0.05) is 23.4 Å². The van der Waals surface area contributed by atoms with Crippen LogP contribution in [0.5, 0.6) is 5.75 Å². The number of nitriles is 1. The maximum atomic E-state index is 12.4. The van der Waals surface area contributed by atoms with E-state index in [0.717, 1.165) is 18.4 Å². The van der Waals surface area contributed by atoms with E-state index in [1.165, 1.54) is 11.1 Å². The highest BCUT2D eigenvalue weighted by Crippen LogP contribution is 2.38. The number of hydrogen-bond donors (Lipinski definition) is 2. The first-order valence-electron chi connectivity index (χ1n) is 12.3. The summed E-state index contributed by atoms with van der Waals surface area (Å²) in [5, 5.41) is 26.5. The molecule has 1 aromatic heterocycles. The van der Waals surface area contributed by atoms with E-state index in [2.05, 4.69) is 27.6 Å². The van der Waals surface area contributed by atoms with Gasteiger partial charge in [-0.25, -0.2) is 4.79 Å². The summed E-state index contributed by atoms with van der Waals surface area (Å²) in [6.07, 6.45) is 1.94. The van der Waals surface area contributed by atoms with Crippen molar-refractivity contribution in [3.8, 4) is 34.7 Å². The molecule has 2 unspecified atom stereocenters. The molecule has 0 radical (unpaired) electrons. The molecule has 9 nitrogen and oxygen atoms in total. The number of β-amino-alcohol motifs (C(OH)–C–C–N with tert-alkyl or cyclic N) is 1. The summed E-state index contributed by atoms with van der Waals surface area (Å²) in [5.41, 5.74) is 4.33. The highest BCUT2D eigenvalue weighted by molar-refractivity contribution is 5.75. The molecule has 1 aliphatic carbocycles. The number of nitrogens with zero attached hydrogens (tertiary/aromatic N) is 4. The molecule has 0 bridgehead atoms. The Morgan fingerprint density at radius 2 is 2.19 bits per heavy atom. The fourth-order valence-corrected chi connectivity index (χ4v) is 4.97. The number of ether oxygens (including phenoxy) is 1. The monoisotopic (exact) mass is 487 g/mol. The number of urea groups is 1. The predicted octanol–water partition coefficient (Wildman–Crippen LogP) is 3.87. The second-order valence-electron chi connectivity index (χ2n) is 9.60. The SMILES string of the molecule is CC(C)Oc1ccc(-c2nc(-c3cccc4c3CCC4CNC(=O)N3CCC(O)C3)no2)cc1C#N. The lowest BCUT2D eigenvalue weighted by molar-refractivity contribution is 0.171. The van der Waals surface area contributed by atoms with Crippen LogP contribution in [0.3, 0.4) is 0 Å². The Kier molecular flexibility index (Phi) is 6.61. The van der Waals surface area contributed by atoms with Crippen LogP contribution < -0.4 is 10.1 Å². The Morgan fingerprint density at radius 3 is 2.94 bits per heavy atom. The molecular formula is C27H29N5O4. The number of likely N-dealkylation sites (tertiary alicyclic amines) is 1. The molecule has 2 amide bonds. The number of nitrogens with one attached hydrogen (secondary N) is 1. The third kappa shape index (κ3) is 4.77. The van der Waals surface area contributed by atoms with Crippen LogP contribution in [0.15, 0.2) is 40.9 Å². The van der Waals surface area contributed by atoms with Gasteiger partial charge in [0.2, 0.25) is 5.82 Å². The van der Waals surface area contributed by atoms with Crippen molar-refractivity contribution >= 4 is 6.03 Å². The molecule has 186 valence electrons. The minimum Gasteiger partial charge on any atom is -0.490 e. The Morgan fingerprint density at radius 1 is 1.33 bits per heavy atom. The maximum Gasteiger partial charge on any atom is 0.317 e. The van der Waals surface area contributed by atoms with Crippen LogP contribution >= 0.6 is 0 Å². The van der Waals surface area contributed by atoms with Gasteiger partial charge in [0.1, 0.15) is 11.8 Å². The zero-order valence-corrected chi connectivity index (χ0v) is 20.4. The van der Waals surface area contributed by atoms with Crippen LogP contribution in [0.25, 0.3) is 22.8 Å². The zero-order chi connectivity index (χ0) is 25.2. The van der Waals surface area contributed by atoms with Crippen LogP contribution in [0.4, 0.5) is 4.79 Å². The maximum absolute atomic E-state index is 12.4. The number of carbonyl (C=O) groups excluding carboxylic acids is 1. The van der Waals surface area contributed by atoms with Crippen molar-refractivity contribution in [3.05, 3.63) is 53.1 Å². The molecule has 2 heterocycles. The van der Waals surface area contributed by atoms with Gasteiger partial charge in [0, 0.05) is 36.7 Å². The quantitative estimate of drug-likeness (QED) is 0.541. The van der Waals surface area contributed by atoms with E-state index in [1.54, 1.807) is 17.0 Å². The van der Waals surface area contributed by atoms with Crippen molar-refractivity contribution in [3.63, 3.8) is 0 Å². The smallest absolute Gasteiger partial charge is 0.317 e. The first-order valence-corrected chi connectivity index (χ1v) is 12.3. The van der Waals surface area contributed by atoms with Crippen LogP contribution in [0.2, 0.25) is 0 Å². The predicted molar refractivity (Wildman–Crippen MR) is 132 cm³/mol. The van der Waals surface area contributed by atoms with E-state index < -0.39 is 6.10 Å². The summed E-state index contributed by atoms with van der Waals surface area (Å²) in [5.74, 6) is 1.56. The van der Waals surface area contributed by atoms with Crippen molar-refractivity contribution in [2.24, 2.45) is 0 Å². The summed E-state index contributed by atoms with van der Waals surface area (Å²) in [4.78, 5) is 18.7. The fourth-order valence-electron chi connectivity index (χ4n) is 4.97. The standard InChI is InChI=1S/C27H29N5O4/c1-16(2)35-24-9-7-17(12-19(24)13-28)26-30-25(31-36-26)23-5-3-4-21-18(6-8-22(21)23)14-29-27(34)32-11-10-20(33)15-32/h3-5,7,9,12,16,18,20,33H,6,8,10-11,14-15H2,1-2H3,(H,29,34). The lowest BCUT2D eigenvalue weighted by Gasteiger charge is -2.19. The van der Waals surface area contributed by atoms with Gasteiger partial charge in [-0.05, 0) is 62.4 Å². The molecule has 0 saturated carbocycles. The summed E-state index contributed by atoms with van der Waals surface area (Å²) in [6, 6.07) is 13.4. The van der Waals surface area contributed by atoms with Crippen LogP contribution in [-0.4, -0.2) is 58.0 Å². The van der Waals surface area contributed by atoms with Gasteiger partial charge in [-0.2, -0.15) is 10.2 Å². The largest absolute Gasteiger partial charge is 0.490 e. The number of carbonyl (C=O) groups is 1. The molecule has 2 N–H and O–H groups in total. The molecule has 9 heteroatoms.